The lowest BCUT2D eigenvalue weighted by Crippen LogP contribution is -2.24. The predicted molar refractivity (Wildman–Crippen MR) is 53.3 cm³/mol. The van der Waals surface area contributed by atoms with Crippen molar-refractivity contribution in [2.45, 2.75) is 24.9 Å². The smallest absolute Gasteiger partial charge is 0.259 e. The Hall–Kier alpha value is -1.39. The lowest BCUT2D eigenvalue weighted by Gasteiger charge is -2.00. The quantitative estimate of drug-likeness (QED) is 0.724. The molecule has 0 unspecified atom stereocenters. The molecule has 6 nitrogen and oxygen atoms in total. The average molecular weight is 228 g/mol. The Morgan fingerprint density at radius 3 is 2.93 bits per heavy atom. The second-order valence-corrected chi connectivity index (χ2v) is 4.56. The van der Waals surface area contributed by atoms with E-state index in [0.29, 0.717) is 6.54 Å². The van der Waals surface area contributed by atoms with Crippen LogP contribution in [0.4, 0.5) is 0 Å². The normalized spacial score (nSPS) is 11.2. The molecule has 0 aliphatic carbocycles. The fourth-order valence-electron chi connectivity index (χ4n) is 0.967. The first-order chi connectivity index (χ1) is 7.10. The lowest BCUT2D eigenvalue weighted by atomic mass is 10.5. The minimum atomic E-state index is -3.55. The number of rotatable bonds is 5. The van der Waals surface area contributed by atoms with E-state index in [1.807, 2.05) is 13.0 Å². The molecule has 0 amide bonds. The number of hydrogen-bond donors (Lipinski definition) is 1. The second-order valence-electron chi connectivity index (χ2n) is 2.85. The first kappa shape index (κ1) is 11.7. The number of nitrogens with zero attached hydrogens (tertiary/aromatic N) is 3. The fourth-order valence-corrected chi connectivity index (χ4v) is 1.95. The van der Waals surface area contributed by atoms with Crippen LogP contribution >= 0.6 is 0 Å². The summed E-state index contributed by atoms with van der Waals surface area (Å²) in [6, 6.07) is 1.86. The molecule has 1 aromatic heterocycles. The highest BCUT2D eigenvalue weighted by Gasteiger charge is 2.15. The first-order valence-corrected chi connectivity index (χ1v) is 5.97. The van der Waals surface area contributed by atoms with E-state index in [9.17, 15) is 8.42 Å². The van der Waals surface area contributed by atoms with Gasteiger partial charge in [-0.05, 0) is 6.92 Å². The molecule has 1 rings (SSSR count). The van der Waals surface area contributed by atoms with E-state index < -0.39 is 10.0 Å². The maximum absolute atomic E-state index is 11.5. The maximum atomic E-state index is 11.5. The van der Waals surface area contributed by atoms with Gasteiger partial charge in [0.05, 0.1) is 12.4 Å². The number of aryl methyl sites for hydroxylation is 1. The van der Waals surface area contributed by atoms with Crippen LogP contribution in [-0.2, 0) is 16.6 Å². The van der Waals surface area contributed by atoms with Crippen LogP contribution in [0.2, 0.25) is 0 Å². The molecule has 0 aromatic carbocycles. The van der Waals surface area contributed by atoms with Gasteiger partial charge in [0.2, 0.25) is 0 Å². The van der Waals surface area contributed by atoms with Crippen LogP contribution in [0.3, 0.4) is 0 Å². The van der Waals surface area contributed by atoms with Crippen LogP contribution in [0.1, 0.15) is 13.3 Å². The van der Waals surface area contributed by atoms with Gasteiger partial charge in [0.15, 0.2) is 5.03 Å². The molecule has 0 aliphatic rings. The third-order valence-electron chi connectivity index (χ3n) is 1.78. The van der Waals surface area contributed by atoms with Gasteiger partial charge in [0, 0.05) is 25.7 Å². The average Bonchev–Trinajstić information content (AvgIpc) is 2.66. The fraction of sp³-hybridized carbons (Fsp3) is 0.500. The second kappa shape index (κ2) is 4.91. The maximum Gasteiger partial charge on any atom is 0.259 e. The van der Waals surface area contributed by atoms with Crippen molar-refractivity contribution in [1.82, 2.24) is 14.3 Å². The van der Waals surface area contributed by atoms with Gasteiger partial charge in [-0.3, -0.25) is 0 Å². The van der Waals surface area contributed by atoms with E-state index in [4.69, 9.17) is 5.26 Å². The lowest BCUT2D eigenvalue weighted by molar-refractivity contribution is 0.579. The molecule has 7 heteroatoms. The van der Waals surface area contributed by atoms with Gasteiger partial charge in [-0.1, -0.05) is 0 Å². The van der Waals surface area contributed by atoms with Crippen LogP contribution < -0.4 is 4.72 Å². The molecular formula is C8H12N4O2S. The monoisotopic (exact) mass is 228 g/mol. The topological polar surface area (TPSA) is 87.8 Å². The summed E-state index contributed by atoms with van der Waals surface area (Å²) in [7, 11) is -3.55. The van der Waals surface area contributed by atoms with Gasteiger partial charge in [0.1, 0.15) is 0 Å². The molecule has 0 aliphatic heterocycles. The van der Waals surface area contributed by atoms with Crippen molar-refractivity contribution in [3.63, 3.8) is 0 Å². The van der Waals surface area contributed by atoms with Crippen molar-refractivity contribution >= 4 is 10.0 Å². The summed E-state index contributed by atoms with van der Waals surface area (Å²) >= 11 is 0. The third kappa shape index (κ3) is 3.04. The number of aromatic nitrogens is 2. The Balaban J connectivity index is 2.74. The SMILES string of the molecule is CCn1cnc(S(=O)(=O)NCCC#N)c1. The van der Waals surface area contributed by atoms with Crippen LogP contribution in [0.25, 0.3) is 0 Å². The molecule has 1 N–H and O–H groups in total. The summed E-state index contributed by atoms with van der Waals surface area (Å²) in [5, 5.41) is 8.26. The van der Waals surface area contributed by atoms with E-state index in [-0.39, 0.29) is 18.0 Å². The van der Waals surface area contributed by atoms with Crippen molar-refractivity contribution in [3.05, 3.63) is 12.5 Å². The van der Waals surface area contributed by atoms with Gasteiger partial charge in [0.25, 0.3) is 10.0 Å². The van der Waals surface area contributed by atoms with E-state index >= 15 is 0 Å². The van der Waals surface area contributed by atoms with Gasteiger partial charge >= 0.3 is 0 Å². The highest BCUT2D eigenvalue weighted by molar-refractivity contribution is 7.89. The molecule has 1 heterocycles. The zero-order valence-electron chi connectivity index (χ0n) is 8.34. The standard InChI is InChI=1S/C8H12N4O2S/c1-2-12-6-8(10-7-12)15(13,14)11-5-3-4-9/h6-7,11H,2-3,5H2,1H3. The Bertz CT molecular complexity index is 457. The molecule has 0 bridgehead atoms. The molecule has 0 saturated heterocycles. The Morgan fingerprint density at radius 2 is 2.40 bits per heavy atom. The Morgan fingerprint density at radius 1 is 1.67 bits per heavy atom. The molecule has 82 valence electrons. The highest BCUT2D eigenvalue weighted by atomic mass is 32.2. The van der Waals surface area contributed by atoms with Crippen molar-refractivity contribution in [2.75, 3.05) is 6.54 Å². The molecule has 0 fully saturated rings. The molecule has 15 heavy (non-hydrogen) atoms. The van der Waals surface area contributed by atoms with Gasteiger partial charge in [-0.25, -0.2) is 18.1 Å². The molecule has 0 atom stereocenters. The van der Waals surface area contributed by atoms with E-state index in [1.165, 1.54) is 12.5 Å². The molecule has 0 radical (unpaired) electrons. The Kier molecular flexibility index (Phi) is 3.82. The zero-order chi connectivity index (χ0) is 11.3. The van der Waals surface area contributed by atoms with Gasteiger partial charge in [-0.2, -0.15) is 5.26 Å². The third-order valence-corrected chi connectivity index (χ3v) is 3.12. The van der Waals surface area contributed by atoms with Crippen molar-refractivity contribution in [1.29, 1.82) is 5.26 Å². The summed E-state index contributed by atoms with van der Waals surface area (Å²) in [5.74, 6) is 0. The van der Waals surface area contributed by atoms with Crippen molar-refractivity contribution in [2.24, 2.45) is 0 Å². The van der Waals surface area contributed by atoms with Crippen molar-refractivity contribution in [3.8, 4) is 6.07 Å². The summed E-state index contributed by atoms with van der Waals surface area (Å²) in [6.07, 6.45) is 3.06. The van der Waals surface area contributed by atoms with Crippen LogP contribution in [0.15, 0.2) is 17.6 Å². The zero-order valence-corrected chi connectivity index (χ0v) is 9.16. The number of imidazole rings is 1. The minimum absolute atomic E-state index is 0.0118. The van der Waals surface area contributed by atoms with E-state index in [2.05, 4.69) is 9.71 Å². The summed E-state index contributed by atoms with van der Waals surface area (Å²) in [5.41, 5.74) is 0. The van der Waals surface area contributed by atoms with Crippen molar-refractivity contribution < 1.29 is 8.42 Å². The predicted octanol–water partition coefficient (Wildman–Crippen LogP) is 0.0950. The largest absolute Gasteiger partial charge is 0.336 e. The van der Waals surface area contributed by atoms with E-state index in [1.54, 1.807) is 4.57 Å². The number of sulfonamides is 1. The van der Waals surface area contributed by atoms with Gasteiger partial charge < -0.3 is 4.57 Å². The summed E-state index contributed by atoms with van der Waals surface area (Å²) in [6.45, 7) is 2.67. The minimum Gasteiger partial charge on any atom is -0.336 e. The van der Waals surface area contributed by atoms with Gasteiger partial charge in [-0.15, -0.1) is 0 Å². The summed E-state index contributed by atoms with van der Waals surface area (Å²) < 4.78 is 27.0. The highest BCUT2D eigenvalue weighted by Crippen LogP contribution is 2.04. The molecule has 0 saturated carbocycles. The van der Waals surface area contributed by atoms with E-state index in [0.717, 1.165) is 0 Å². The number of nitrogens with one attached hydrogen (secondary N) is 1. The summed E-state index contributed by atoms with van der Waals surface area (Å²) in [4.78, 5) is 3.77. The number of nitriles is 1. The molecular weight excluding hydrogens is 216 g/mol. The van der Waals surface area contributed by atoms with Crippen LogP contribution in [-0.4, -0.2) is 24.5 Å². The molecule has 0 spiro atoms. The Labute approximate surface area is 88.6 Å². The number of hydrogen-bond acceptors (Lipinski definition) is 4. The first-order valence-electron chi connectivity index (χ1n) is 4.48. The molecule has 1 aromatic rings. The van der Waals surface area contributed by atoms with Crippen LogP contribution in [0.5, 0.6) is 0 Å². The van der Waals surface area contributed by atoms with Crippen LogP contribution in [0, 0.1) is 11.3 Å².